The van der Waals surface area contributed by atoms with Crippen molar-refractivity contribution in [3.63, 3.8) is 0 Å². The number of nitrogens with two attached hydrogens (primary N) is 1. The second kappa shape index (κ2) is 6.74. The van der Waals surface area contributed by atoms with Gasteiger partial charge in [-0.25, -0.2) is 0 Å². The molecule has 0 saturated heterocycles. The minimum atomic E-state index is -1.23. The Labute approximate surface area is 137 Å². The van der Waals surface area contributed by atoms with Gasteiger partial charge in [0.15, 0.2) is 0 Å². The Kier molecular flexibility index (Phi) is 5.23. The Balaban J connectivity index is 2.32. The zero-order valence-electron chi connectivity index (χ0n) is 10.7. The van der Waals surface area contributed by atoms with Crippen LogP contribution in [-0.4, -0.2) is 11.3 Å². The first-order valence-electron chi connectivity index (χ1n) is 5.77. The molecule has 2 aromatic carbocycles. The number of anilines is 1. The van der Waals surface area contributed by atoms with Gasteiger partial charge in [-0.2, -0.15) is 0 Å². The van der Waals surface area contributed by atoms with E-state index in [2.05, 4.69) is 31.9 Å². The highest BCUT2D eigenvalue weighted by Crippen LogP contribution is 2.28. The molecule has 0 bridgehead atoms. The second-order valence-electron chi connectivity index (χ2n) is 4.13. The molecule has 1 unspecified atom stereocenters. The third-order valence-electron chi connectivity index (χ3n) is 2.75. The number of benzene rings is 2. The van der Waals surface area contributed by atoms with E-state index in [1.54, 1.807) is 19.2 Å². The Morgan fingerprint density at radius 3 is 2.50 bits per heavy atom. The van der Waals surface area contributed by atoms with Gasteiger partial charge in [-0.05, 0) is 36.4 Å². The molecule has 0 aliphatic heterocycles. The number of hydrogen-bond acceptors (Lipinski definition) is 3. The predicted octanol–water partition coefficient (Wildman–Crippen LogP) is 4.11. The molecule has 2 N–H and O–H groups in total. The lowest BCUT2D eigenvalue weighted by atomic mass is 10.2. The van der Waals surface area contributed by atoms with E-state index in [0.29, 0.717) is 16.3 Å². The summed E-state index contributed by atoms with van der Waals surface area (Å²) in [6.45, 7) is 0. The molecule has 0 spiro atoms. The fourth-order valence-electron chi connectivity index (χ4n) is 1.78. The average Bonchev–Trinajstić information content (AvgIpc) is 2.41. The number of hydrogen-bond donors (Lipinski definition) is 1. The van der Waals surface area contributed by atoms with E-state index in [1.807, 2.05) is 24.3 Å². The normalized spacial score (nSPS) is 12.2. The Bertz CT molecular complexity index is 662. The van der Waals surface area contributed by atoms with Crippen LogP contribution in [0.4, 0.5) is 5.69 Å². The van der Waals surface area contributed by atoms with Gasteiger partial charge < -0.3 is 10.5 Å². The van der Waals surface area contributed by atoms with E-state index < -0.39 is 10.8 Å². The molecule has 6 heteroatoms. The van der Waals surface area contributed by atoms with Crippen LogP contribution in [0.1, 0.15) is 5.56 Å². The van der Waals surface area contributed by atoms with Crippen LogP contribution < -0.4 is 10.5 Å². The zero-order chi connectivity index (χ0) is 14.7. The van der Waals surface area contributed by atoms with Crippen molar-refractivity contribution >= 4 is 48.3 Å². The molecule has 0 radical (unpaired) electrons. The summed E-state index contributed by atoms with van der Waals surface area (Å²) in [6, 6.07) is 11.0. The Hall–Kier alpha value is -0.850. The van der Waals surface area contributed by atoms with Crippen LogP contribution in [0.3, 0.4) is 0 Å². The molecule has 0 aliphatic rings. The predicted molar refractivity (Wildman–Crippen MR) is 89.4 cm³/mol. The molecule has 2 aromatic rings. The fraction of sp³-hybridized carbons (Fsp3) is 0.143. The third-order valence-corrected chi connectivity index (χ3v) is 5.15. The first-order chi connectivity index (χ1) is 9.51. The maximum absolute atomic E-state index is 12.5. The second-order valence-corrected chi connectivity index (χ2v) is 7.38. The van der Waals surface area contributed by atoms with Gasteiger partial charge in [-0.15, -0.1) is 0 Å². The summed E-state index contributed by atoms with van der Waals surface area (Å²) in [5.74, 6) is 1.07. The molecule has 2 rings (SSSR count). The third kappa shape index (κ3) is 3.62. The number of halogens is 2. The smallest absolute Gasteiger partial charge is 0.123 e. The fourth-order valence-corrected chi connectivity index (χ4v) is 3.96. The highest BCUT2D eigenvalue weighted by atomic mass is 79.9. The van der Waals surface area contributed by atoms with Crippen LogP contribution in [-0.2, 0) is 16.6 Å². The Morgan fingerprint density at radius 1 is 1.15 bits per heavy atom. The van der Waals surface area contributed by atoms with Gasteiger partial charge in [0.1, 0.15) is 5.75 Å². The van der Waals surface area contributed by atoms with Crippen LogP contribution in [0.15, 0.2) is 50.2 Å². The number of ether oxygens (including phenoxy) is 1. The van der Waals surface area contributed by atoms with Gasteiger partial charge in [-0.3, -0.25) is 4.21 Å². The van der Waals surface area contributed by atoms with E-state index in [0.717, 1.165) is 20.3 Å². The van der Waals surface area contributed by atoms with Gasteiger partial charge in [0, 0.05) is 20.2 Å². The molecule has 3 nitrogen and oxygen atoms in total. The maximum atomic E-state index is 12.5. The molecule has 0 saturated carbocycles. The topological polar surface area (TPSA) is 52.3 Å². The molecular formula is C14H13Br2NO2S. The van der Waals surface area contributed by atoms with Gasteiger partial charge in [-0.1, -0.05) is 31.9 Å². The van der Waals surface area contributed by atoms with Crippen molar-refractivity contribution in [2.45, 2.75) is 10.6 Å². The summed E-state index contributed by atoms with van der Waals surface area (Å²) in [5, 5.41) is 0. The van der Waals surface area contributed by atoms with Crippen LogP contribution in [0.25, 0.3) is 0 Å². The van der Waals surface area contributed by atoms with Gasteiger partial charge in [0.05, 0.1) is 28.6 Å². The first-order valence-corrected chi connectivity index (χ1v) is 8.67. The monoisotopic (exact) mass is 417 g/mol. The van der Waals surface area contributed by atoms with Gasteiger partial charge in [0.25, 0.3) is 0 Å². The van der Waals surface area contributed by atoms with E-state index in [-0.39, 0.29) is 0 Å². The Morgan fingerprint density at radius 2 is 1.80 bits per heavy atom. The van der Waals surface area contributed by atoms with Crippen LogP contribution in [0, 0.1) is 0 Å². The number of rotatable bonds is 4. The zero-order valence-corrected chi connectivity index (χ0v) is 14.7. The van der Waals surface area contributed by atoms with Crippen molar-refractivity contribution < 1.29 is 8.95 Å². The van der Waals surface area contributed by atoms with E-state index in [4.69, 9.17) is 10.5 Å². The van der Waals surface area contributed by atoms with Crippen LogP contribution in [0.2, 0.25) is 0 Å². The lowest BCUT2D eigenvalue weighted by Gasteiger charge is -2.10. The molecule has 0 aromatic heterocycles. The summed E-state index contributed by atoms with van der Waals surface area (Å²) in [6.07, 6.45) is 0. The van der Waals surface area contributed by atoms with Gasteiger partial charge in [0.2, 0.25) is 0 Å². The average molecular weight is 419 g/mol. The van der Waals surface area contributed by atoms with Crippen molar-refractivity contribution in [1.82, 2.24) is 0 Å². The molecular weight excluding hydrogens is 406 g/mol. The van der Waals surface area contributed by atoms with Gasteiger partial charge >= 0.3 is 0 Å². The SMILES string of the molecule is COc1ccc(Br)cc1CS(=O)c1cc(Br)ccc1N. The molecule has 1 atom stereocenters. The molecule has 106 valence electrons. The molecule has 20 heavy (non-hydrogen) atoms. The highest BCUT2D eigenvalue weighted by Gasteiger charge is 2.13. The summed E-state index contributed by atoms with van der Waals surface area (Å²) in [5.41, 5.74) is 7.29. The molecule has 0 amide bonds. The van der Waals surface area contributed by atoms with Crippen molar-refractivity contribution in [2.24, 2.45) is 0 Å². The van der Waals surface area contributed by atoms with E-state index in [1.165, 1.54) is 0 Å². The largest absolute Gasteiger partial charge is 0.496 e. The van der Waals surface area contributed by atoms with Crippen molar-refractivity contribution in [1.29, 1.82) is 0 Å². The summed E-state index contributed by atoms with van der Waals surface area (Å²) in [7, 11) is 0.368. The molecule has 0 fully saturated rings. The first kappa shape index (κ1) is 15.5. The maximum Gasteiger partial charge on any atom is 0.123 e. The molecule has 0 aliphatic carbocycles. The summed E-state index contributed by atoms with van der Waals surface area (Å²) >= 11 is 6.78. The summed E-state index contributed by atoms with van der Waals surface area (Å²) in [4.78, 5) is 0.626. The minimum Gasteiger partial charge on any atom is -0.496 e. The minimum absolute atomic E-state index is 0.350. The molecule has 0 heterocycles. The highest BCUT2D eigenvalue weighted by molar-refractivity contribution is 9.10. The van der Waals surface area contributed by atoms with Crippen LogP contribution >= 0.6 is 31.9 Å². The standard InChI is InChI=1S/C14H13Br2NO2S/c1-19-13-5-3-10(15)6-9(13)8-20(18)14-7-11(16)2-4-12(14)17/h2-7H,8,17H2,1H3. The summed E-state index contributed by atoms with van der Waals surface area (Å²) < 4.78 is 19.6. The lowest BCUT2D eigenvalue weighted by molar-refractivity contribution is 0.411. The number of methoxy groups -OCH3 is 1. The van der Waals surface area contributed by atoms with Crippen molar-refractivity contribution in [3.8, 4) is 5.75 Å². The van der Waals surface area contributed by atoms with E-state index >= 15 is 0 Å². The van der Waals surface area contributed by atoms with Crippen LogP contribution in [0.5, 0.6) is 5.75 Å². The van der Waals surface area contributed by atoms with Crippen molar-refractivity contribution in [3.05, 3.63) is 50.9 Å². The lowest BCUT2D eigenvalue weighted by Crippen LogP contribution is -2.02. The quantitative estimate of drug-likeness (QED) is 0.760. The number of nitrogen functional groups attached to an aromatic ring is 1. The van der Waals surface area contributed by atoms with Crippen molar-refractivity contribution in [2.75, 3.05) is 12.8 Å². The van der Waals surface area contributed by atoms with E-state index in [9.17, 15) is 4.21 Å².